The minimum atomic E-state index is -0.0141. The molecule has 0 spiro atoms. The van der Waals surface area contributed by atoms with E-state index in [-0.39, 0.29) is 11.5 Å². The largest absolute Gasteiger partial charge is 0.504 e. The van der Waals surface area contributed by atoms with E-state index in [1.165, 1.54) is 29.8 Å². The van der Waals surface area contributed by atoms with Crippen molar-refractivity contribution in [3.63, 3.8) is 0 Å². The zero-order chi connectivity index (χ0) is 11.1. The number of para-hydroxylation sites is 1. The standard InChI is InChI=1S/C12H17IO2/c13-9-4-2-1-3-6-10-7-5-8-11(14)12(10)15/h5,7-8,14-15H,1-4,6,9H2. The molecule has 3 heteroatoms. The van der Waals surface area contributed by atoms with Crippen LogP contribution in [0.5, 0.6) is 11.5 Å². The maximum Gasteiger partial charge on any atom is 0.160 e. The lowest BCUT2D eigenvalue weighted by Crippen LogP contribution is -1.87. The second kappa shape index (κ2) is 6.93. The summed E-state index contributed by atoms with van der Waals surface area (Å²) in [5.41, 5.74) is 0.851. The monoisotopic (exact) mass is 320 g/mol. The van der Waals surface area contributed by atoms with Crippen molar-refractivity contribution in [2.24, 2.45) is 0 Å². The van der Waals surface area contributed by atoms with Gasteiger partial charge in [0.1, 0.15) is 0 Å². The van der Waals surface area contributed by atoms with E-state index < -0.39 is 0 Å². The van der Waals surface area contributed by atoms with Crippen molar-refractivity contribution in [1.82, 2.24) is 0 Å². The van der Waals surface area contributed by atoms with Crippen molar-refractivity contribution in [3.8, 4) is 11.5 Å². The number of unbranched alkanes of at least 4 members (excludes halogenated alkanes) is 3. The molecule has 15 heavy (non-hydrogen) atoms. The van der Waals surface area contributed by atoms with E-state index in [1.807, 2.05) is 6.07 Å². The molecule has 0 aliphatic carbocycles. The number of benzene rings is 1. The molecule has 0 aliphatic heterocycles. The number of alkyl halides is 1. The zero-order valence-electron chi connectivity index (χ0n) is 8.75. The number of phenols is 2. The van der Waals surface area contributed by atoms with Crippen LogP contribution >= 0.6 is 22.6 Å². The van der Waals surface area contributed by atoms with Gasteiger partial charge in [-0.2, -0.15) is 0 Å². The van der Waals surface area contributed by atoms with Gasteiger partial charge in [0.2, 0.25) is 0 Å². The van der Waals surface area contributed by atoms with Crippen LogP contribution in [0.4, 0.5) is 0 Å². The zero-order valence-corrected chi connectivity index (χ0v) is 10.9. The van der Waals surface area contributed by atoms with Gasteiger partial charge in [0.25, 0.3) is 0 Å². The molecule has 0 heterocycles. The Morgan fingerprint density at radius 2 is 1.73 bits per heavy atom. The van der Waals surface area contributed by atoms with Gasteiger partial charge < -0.3 is 10.2 Å². The van der Waals surface area contributed by atoms with E-state index >= 15 is 0 Å². The fraction of sp³-hybridized carbons (Fsp3) is 0.500. The number of halogens is 1. The van der Waals surface area contributed by atoms with E-state index in [4.69, 9.17) is 0 Å². The second-order valence-electron chi connectivity index (χ2n) is 3.64. The molecule has 0 unspecified atom stereocenters. The minimum absolute atomic E-state index is 0.0141. The molecule has 84 valence electrons. The first-order chi connectivity index (χ1) is 7.25. The highest BCUT2D eigenvalue weighted by Crippen LogP contribution is 2.29. The fourth-order valence-electron chi connectivity index (χ4n) is 1.54. The number of phenolic OH excluding ortho intramolecular Hbond substituents is 2. The Kier molecular flexibility index (Phi) is 5.83. The van der Waals surface area contributed by atoms with Crippen LogP contribution in [0.15, 0.2) is 18.2 Å². The molecule has 0 amide bonds. The van der Waals surface area contributed by atoms with Crippen molar-refractivity contribution in [2.75, 3.05) is 4.43 Å². The van der Waals surface area contributed by atoms with Gasteiger partial charge in [-0.05, 0) is 35.3 Å². The average molecular weight is 320 g/mol. The summed E-state index contributed by atoms with van der Waals surface area (Å²) in [5.74, 6) is 0.0335. The van der Waals surface area contributed by atoms with Gasteiger partial charge >= 0.3 is 0 Å². The predicted molar refractivity (Wildman–Crippen MR) is 70.8 cm³/mol. The molecular weight excluding hydrogens is 303 g/mol. The third-order valence-corrected chi connectivity index (χ3v) is 3.19. The number of aryl methyl sites for hydroxylation is 1. The molecule has 0 bridgehead atoms. The van der Waals surface area contributed by atoms with Gasteiger partial charge in [-0.15, -0.1) is 0 Å². The Hall–Kier alpha value is -0.450. The van der Waals surface area contributed by atoms with Crippen molar-refractivity contribution < 1.29 is 10.2 Å². The summed E-state index contributed by atoms with van der Waals surface area (Å²) in [5, 5.41) is 18.8. The molecule has 0 atom stereocenters. The van der Waals surface area contributed by atoms with E-state index in [0.29, 0.717) is 0 Å². The van der Waals surface area contributed by atoms with Crippen molar-refractivity contribution >= 4 is 22.6 Å². The maximum atomic E-state index is 9.55. The number of rotatable bonds is 6. The molecular formula is C12H17IO2. The summed E-state index contributed by atoms with van der Waals surface area (Å²) >= 11 is 2.39. The lowest BCUT2D eigenvalue weighted by atomic mass is 10.1. The molecule has 1 aromatic carbocycles. The van der Waals surface area contributed by atoms with Crippen LogP contribution in [0.1, 0.15) is 31.2 Å². The van der Waals surface area contributed by atoms with Crippen LogP contribution in [0.25, 0.3) is 0 Å². The third-order valence-electron chi connectivity index (χ3n) is 2.43. The SMILES string of the molecule is Oc1cccc(CCCCCCI)c1O. The van der Waals surface area contributed by atoms with Gasteiger partial charge in [0.15, 0.2) is 11.5 Å². The number of hydrogen-bond donors (Lipinski definition) is 2. The van der Waals surface area contributed by atoms with Crippen molar-refractivity contribution in [2.45, 2.75) is 32.1 Å². The van der Waals surface area contributed by atoms with Gasteiger partial charge in [-0.25, -0.2) is 0 Å². The smallest absolute Gasteiger partial charge is 0.160 e. The summed E-state index contributed by atoms with van der Waals surface area (Å²) in [6.07, 6.45) is 5.64. The maximum absolute atomic E-state index is 9.55. The summed E-state index contributed by atoms with van der Waals surface area (Å²) in [7, 11) is 0. The Morgan fingerprint density at radius 3 is 2.47 bits per heavy atom. The minimum Gasteiger partial charge on any atom is -0.504 e. The van der Waals surface area contributed by atoms with E-state index in [0.717, 1.165) is 18.4 Å². The number of aromatic hydroxyl groups is 2. The Balaban J connectivity index is 2.34. The van der Waals surface area contributed by atoms with Gasteiger partial charge in [-0.3, -0.25) is 0 Å². The fourth-order valence-corrected chi connectivity index (χ4v) is 2.08. The third kappa shape index (κ3) is 4.28. The second-order valence-corrected chi connectivity index (χ2v) is 4.72. The van der Waals surface area contributed by atoms with Crippen LogP contribution < -0.4 is 0 Å². The summed E-state index contributed by atoms with van der Waals surface area (Å²) < 4.78 is 1.22. The van der Waals surface area contributed by atoms with E-state index in [9.17, 15) is 10.2 Å². The lowest BCUT2D eigenvalue weighted by molar-refractivity contribution is 0.398. The predicted octanol–water partition coefficient (Wildman–Crippen LogP) is 3.64. The van der Waals surface area contributed by atoms with Gasteiger partial charge in [-0.1, -0.05) is 47.6 Å². The molecule has 0 saturated carbocycles. The molecule has 1 rings (SSSR count). The molecule has 0 fully saturated rings. The molecule has 0 radical (unpaired) electrons. The van der Waals surface area contributed by atoms with Crippen LogP contribution in [-0.4, -0.2) is 14.6 Å². The topological polar surface area (TPSA) is 40.5 Å². The summed E-state index contributed by atoms with van der Waals surface area (Å²) in [4.78, 5) is 0. The van der Waals surface area contributed by atoms with Crippen molar-refractivity contribution in [1.29, 1.82) is 0 Å². The summed E-state index contributed by atoms with van der Waals surface area (Å²) in [6.45, 7) is 0. The van der Waals surface area contributed by atoms with Crippen molar-refractivity contribution in [3.05, 3.63) is 23.8 Å². The first kappa shape index (κ1) is 12.6. The van der Waals surface area contributed by atoms with Gasteiger partial charge in [0, 0.05) is 0 Å². The van der Waals surface area contributed by atoms with Crippen LogP contribution in [0, 0.1) is 0 Å². The number of hydrogen-bond acceptors (Lipinski definition) is 2. The molecule has 2 nitrogen and oxygen atoms in total. The Morgan fingerprint density at radius 1 is 1.00 bits per heavy atom. The summed E-state index contributed by atoms with van der Waals surface area (Å²) in [6, 6.07) is 5.15. The average Bonchev–Trinajstić information content (AvgIpc) is 2.24. The molecule has 0 aromatic heterocycles. The quantitative estimate of drug-likeness (QED) is 0.364. The van der Waals surface area contributed by atoms with E-state index in [2.05, 4.69) is 22.6 Å². The highest BCUT2D eigenvalue weighted by molar-refractivity contribution is 14.1. The van der Waals surface area contributed by atoms with Crippen LogP contribution in [0.3, 0.4) is 0 Å². The van der Waals surface area contributed by atoms with E-state index in [1.54, 1.807) is 6.07 Å². The van der Waals surface area contributed by atoms with Gasteiger partial charge in [0.05, 0.1) is 0 Å². The Labute approximate surface area is 104 Å². The molecule has 1 aromatic rings. The molecule has 2 N–H and O–H groups in total. The first-order valence-electron chi connectivity index (χ1n) is 5.31. The molecule has 0 saturated heterocycles. The van der Waals surface area contributed by atoms with Crippen LogP contribution in [-0.2, 0) is 6.42 Å². The van der Waals surface area contributed by atoms with Crippen LogP contribution in [0.2, 0.25) is 0 Å². The lowest BCUT2D eigenvalue weighted by Gasteiger charge is -2.05. The highest BCUT2D eigenvalue weighted by Gasteiger charge is 2.04. The molecule has 0 aliphatic rings. The normalized spacial score (nSPS) is 10.5. The Bertz CT molecular complexity index is 300. The first-order valence-corrected chi connectivity index (χ1v) is 6.84. The highest BCUT2D eigenvalue weighted by atomic mass is 127.